The number of hydrogen-bond donors (Lipinski definition) is 9. The van der Waals surface area contributed by atoms with Crippen molar-refractivity contribution in [1.29, 1.82) is 0 Å². The number of H-pyrrole nitrogens is 1. The maximum Gasteiger partial charge on any atom is 0.311 e. The molecule has 13 N–H and O–H groups in total. The van der Waals surface area contributed by atoms with E-state index in [2.05, 4.69) is 60.6 Å². The molecule has 0 saturated heterocycles. The van der Waals surface area contributed by atoms with E-state index in [9.17, 15) is 29.1 Å². The van der Waals surface area contributed by atoms with Crippen molar-refractivity contribution in [3.05, 3.63) is 282 Å². The molecule has 0 radical (unpaired) electrons. The highest BCUT2D eigenvalue weighted by Gasteiger charge is 2.30. The highest BCUT2D eigenvalue weighted by Crippen LogP contribution is 2.27. The number of carbonyl (C=O) groups is 5. The summed E-state index contributed by atoms with van der Waals surface area (Å²) in [4.78, 5) is 65.8. The zero-order valence-corrected chi connectivity index (χ0v) is 54.3. The number of methoxy groups -OCH3 is 1. The van der Waals surface area contributed by atoms with Gasteiger partial charge in [0.25, 0.3) is 17.7 Å². The third kappa shape index (κ3) is 19.9. The quantitative estimate of drug-likeness (QED) is 0.0182. The van der Waals surface area contributed by atoms with Crippen LogP contribution in [0, 0.1) is 23.7 Å². The van der Waals surface area contributed by atoms with Gasteiger partial charge < -0.3 is 58.5 Å². The fourth-order valence-corrected chi connectivity index (χ4v) is 11.1. The third-order valence-electron chi connectivity index (χ3n) is 17.0. The Morgan fingerprint density at radius 3 is 1.51 bits per heavy atom. The number of aliphatic hydroxyl groups excluding tert-OH is 1. The number of aromatic amines is 1. The zero-order valence-electron chi connectivity index (χ0n) is 54.3. The lowest BCUT2D eigenvalue weighted by atomic mass is 9.83. The van der Waals surface area contributed by atoms with Gasteiger partial charge in [0.05, 0.1) is 13.0 Å². The standard InChI is InChI=1S/C30H37N3O2.C26H26N2O2.C23H25N3O3/c1-4-20(2)29(28(19-34)16-22-7-5-9-26(15-22)21(3)32)33-30(35)25-13-11-24(12-14-25)27-10-6-8-23(17-27)18-31;1-18(27)24-10-6-7-20(15-24)16-25(17-29)19(2)28-26(30)23-13-11-22(12-14-23)21-8-4-3-5-9-21;1-14(24)17-6-4-5-16(11-17)12-20(23(28)29-3)15(2)26-22(27)19-7-8-21-18(13-19)9-10-25-21/h5-15,17,20,28-29,34H,3-4,16,18-19,31-32H2,1-2H3,(H,33,35);3-15,17,19,25H,1,16,27H2,2H3,(H,28,30);4-11,13,15,20,25H,1,12,24H2,2-3H3,(H,26,27). The Morgan fingerprint density at radius 2 is 0.989 bits per heavy atom. The van der Waals surface area contributed by atoms with E-state index in [-0.39, 0.29) is 60.1 Å². The van der Waals surface area contributed by atoms with Crippen LogP contribution in [0.25, 0.3) is 50.2 Å². The molecule has 7 unspecified atom stereocenters. The molecule has 1 aromatic heterocycles. The molecule has 486 valence electrons. The van der Waals surface area contributed by atoms with Gasteiger partial charge in [-0.3, -0.25) is 19.2 Å². The first kappa shape index (κ1) is 70.8. The lowest BCUT2D eigenvalue weighted by Crippen LogP contribution is -2.46. The van der Waals surface area contributed by atoms with Gasteiger partial charge in [-0.2, -0.15) is 0 Å². The SMILES string of the molecule is C=C(N)c1cccc(CC(C(=O)OC)C(C)NC(=O)c2ccc3[nH]ccc3c2)c1.C=C(N)c1cccc(CC(C=O)C(C)NC(=O)c2ccc(-c3ccccc3)cc2)c1.C=C(N)c1cccc(CC(CO)C(NC(=O)c2ccc(-c3cccc(CN)c3)cc2)C(C)CC)c1. The first-order valence-corrected chi connectivity index (χ1v) is 31.5. The van der Waals surface area contributed by atoms with Crippen molar-refractivity contribution in [2.75, 3.05) is 13.7 Å². The summed E-state index contributed by atoms with van der Waals surface area (Å²) in [5, 5.41) is 20.3. The van der Waals surface area contributed by atoms with Crippen molar-refractivity contribution >= 4 is 58.0 Å². The molecule has 94 heavy (non-hydrogen) atoms. The Kier molecular flexibility index (Phi) is 26.2. The number of aliphatic hydroxyl groups is 1. The number of aromatic nitrogens is 1. The molecule has 0 aliphatic heterocycles. The summed E-state index contributed by atoms with van der Waals surface area (Å²) >= 11 is 0. The minimum atomic E-state index is -0.541. The number of rotatable bonds is 26. The number of esters is 1. The van der Waals surface area contributed by atoms with Gasteiger partial charge in [0.2, 0.25) is 0 Å². The fourth-order valence-electron chi connectivity index (χ4n) is 11.1. The van der Waals surface area contributed by atoms with E-state index in [1.807, 2.05) is 189 Å². The molecule has 0 saturated carbocycles. The van der Waals surface area contributed by atoms with Gasteiger partial charge in [-0.25, -0.2) is 0 Å². The highest BCUT2D eigenvalue weighted by atomic mass is 16.5. The molecule has 0 spiro atoms. The summed E-state index contributed by atoms with van der Waals surface area (Å²) in [6.07, 6.45) is 5.16. The van der Waals surface area contributed by atoms with Gasteiger partial charge in [0.15, 0.2) is 0 Å². The van der Waals surface area contributed by atoms with Crippen LogP contribution >= 0.6 is 0 Å². The van der Waals surface area contributed by atoms with Crippen molar-refractivity contribution in [2.45, 2.75) is 78.0 Å². The molecule has 15 nitrogen and oxygen atoms in total. The molecule has 3 amide bonds. The fraction of sp³-hybridized carbons (Fsp3) is 0.228. The van der Waals surface area contributed by atoms with Crippen molar-refractivity contribution in [2.24, 2.45) is 46.6 Å². The predicted octanol–water partition coefficient (Wildman–Crippen LogP) is 12.4. The summed E-state index contributed by atoms with van der Waals surface area (Å²) in [5.74, 6) is -1.77. The number of aldehydes is 1. The normalized spacial score (nSPS) is 13.1. The largest absolute Gasteiger partial charge is 0.469 e. The van der Waals surface area contributed by atoms with E-state index in [1.54, 1.807) is 25.1 Å². The Hall–Kier alpha value is -10.6. The number of benzene rings is 8. The van der Waals surface area contributed by atoms with Gasteiger partial charge in [0, 0.05) is 94.0 Å². The Morgan fingerprint density at radius 1 is 0.521 bits per heavy atom. The van der Waals surface area contributed by atoms with Gasteiger partial charge in [-0.05, 0) is 173 Å². The van der Waals surface area contributed by atoms with E-state index in [0.717, 1.165) is 84.8 Å². The number of nitrogens with one attached hydrogen (secondary N) is 4. The summed E-state index contributed by atoms with van der Waals surface area (Å²) < 4.78 is 4.98. The summed E-state index contributed by atoms with van der Waals surface area (Å²) in [7, 11) is 1.35. The smallest absolute Gasteiger partial charge is 0.311 e. The van der Waals surface area contributed by atoms with Crippen molar-refractivity contribution in [3.8, 4) is 22.3 Å². The number of ether oxygens (including phenoxy) is 1. The maximum absolute atomic E-state index is 13.2. The van der Waals surface area contributed by atoms with Crippen LogP contribution in [0.15, 0.2) is 226 Å². The Bertz CT molecular complexity index is 4050. The van der Waals surface area contributed by atoms with Crippen molar-refractivity contribution in [3.63, 3.8) is 0 Å². The molecule has 9 rings (SSSR count). The molecular formula is C79H88N8O7. The summed E-state index contributed by atoms with van der Waals surface area (Å²) in [5.41, 5.74) is 38.1. The van der Waals surface area contributed by atoms with Crippen LogP contribution in [0.4, 0.5) is 0 Å². The van der Waals surface area contributed by atoms with Crippen LogP contribution in [0.5, 0.6) is 0 Å². The van der Waals surface area contributed by atoms with Crippen LogP contribution in [-0.4, -0.2) is 71.9 Å². The predicted molar refractivity (Wildman–Crippen MR) is 380 cm³/mol. The first-order chi connectivity index (χ1) is 45.2. The van der Waals surface area contributed by atoms with Crippen molar-refractivity contribution < 1.29 is 33.8 Å². The highest BCUT2D eigenvalue weighted by molar-refractivity contribution is 5.99. The van der Waals surface area contributed by atoms with E-state index in [1.165, 1.54) is 7.11 Å². The molecule has 7 atom stereocenters. The molecule has 1 heterocycles. The van der Waals surface area contributed by atoms with Gasteiger partial charge in [-0.1, -0.05) is 167 Å². The molecule has 15 heteroatoms. The van der Waals surface area contributed by atoms with Crippen LogP contribution < -0.4 is 38.9 Å². The van der Waals surface area contributed by atoms with E-state index in [4.69, 9.17) is 27.7 Å². The second-order valence-electron chi connectivity index (χ2n) is 23.8. The Labute approximate surface area is 552 Å². The second kappa shape index (κ2) is 34.7. The monoisotopic (exact) mass is 1260 g/mol. The number of carbonyl (C=O) groups excluding carboxylic acids is 5. The van der Waals surface area contributed by atoms with Crippen LogP contribution in [0.2, 0.25) is 0 Å². The third-order valence-corrected chi connectivity index (χ3v) is 17.0. The molecule has 0 bridgehead atoms. The van der Waals surface area contributed by atoms with Gasteiger partial charge in [-0.15, -0.1) is 0 Å². The maximum atomic E-state index is 13.2. The average Bonchev–Trinajstić information content (AvgIpc) is 2.29. The average molecular weight is 1260 g/mol. The first-order valence-electron chi connectivity index (χ1n) is 31.5. The molecule has 0 aliphatic carbocycles. The van der Waals surface area contributed by atoms with Gasteiger partial charge >= 0.3 is 5.97 Å². The molecule has 8 aromatic carbocycles. The second-order valence-corrected chi connectivity index (χ2v) is 23.8. The molecule has 0 aliphatic rings. The van der Waals surface area contributed by atoms with Gasteiger partial charge in [0.1, 0.15) is 6.29 Å². The van der Waals surface area contributed by atoms with E-state index >= 15 is 0 Å². The van der Waals surface area contributed by atoms with Crippen molar-refractivity contribution in [1.82, 2.24) is 20.9 Å². The lowest BCUT2D eigenvalue weighted by Gasteiger charge is -2.31. The van der Waals surface area contributed by atoms with Crippen LogP contribution in [-0.2, 0) is 40.1 Å². The molecule has 9 aromatic rings. The molecule has 0 fully saturated rings. The number of nitrogens with two attached hydrogens (primary N) is 4. The zero-order chi connectivity index (χ0) is 67.8. The van der Waals surface area contributed by atoms with Crippen LogP contribution in [0.3, 0.4) is 0 Å². The lowest BCUT2D eigenvalue weighted by molar-refractivity contribution is -0.146. The topological polar surface area (TPSA) is 271 Å². The summed E-state index contributed by atoms with van der Waals surface area (Å²) in [6, 6.07) is 62.6. The minimum Gasteiger partial charge on any atom is -0.469 e. The van der Waals surface area contributed by atoms with Crippen LogP contribution in [0.1, 0.15) is 104 Å². The van der Waals surface area contributed by atoms with E-state index < -0.39 is 12.0 Å². The van der Waals surface area contributed by atoms with E-state index in [0.29, 0.717) is 59.6 Å². The Balaban J connectivity index is 0.000000201. The summed E-state index contributed by atoms with van der Waals surface area (Å²) in [6.45, 7) is 19.6. The number of hydrogen-bond acceptors (Lipinski definition) is 11. The number of fused-ring (bicyclic) bond motifs is 1. The minimum absolute atomic E-state index is 0.0283. The molecular weight excluding hydrogens is 1170 g/mol. The number of amides is 3.